The van der Waals surface area contributed by atoms with Gasteiger partial charge in [0.2, 0.25) is 0 Å². The summed E-state index contributed by atoms with van der Waals surface area (Å²) in [6.07, 6.45) is 0.803. The average molecular weight is 188 g/mol. The van der Waals surface area contributed by atoms with Crippen LogP contribution in [0.3, 0.4) is 0 Å². The molecule has 0 N–H and O–H groups in total. The van der Waals surface area contributed by atoms with Gasteiger partial charge in [0.05, 0.1) is 0 Å². The highest BCUT2D eigenvalue weighted by atomic mass is 16.6. The maximum atomic E-state index is 10.4. The summed E-state index contributed by atoms with van der Waals surface area (Å²) in [5.74, 6) is 0. The first kappa shape index (κ1) is 8.62. The maximum absolute atomic E-state index is 10.4. The van der Waals surface area contributed by atoms with Gasteiger partial charge in [-0.05, 0) is 12.1 Å². The average Bonchev–Trinajstić information content (AvgIpc) is 2.65. The number of nitrogens with zero attached hydrogens (tertiary/aromatic N) is 2. The summed E-state index contributed by atoms with van der Waals surface area (Å²) < 4.78 is 4.59. The molecule has 0 aliphatic heterocycles. The Kier molecular flexibility index (Phi) is 2.10. The molecule has 2 aromatic rings. The van der Waals surface area contributed by atoms with Crippen LogP contribution in [0.2, 0.25) is 0 Å². The highest BCUT2D eigenvalue weighted by Gasteiger charge is 2.07. The number of carbonyl (C=O) groups is 1. The lowest BCUT2D eigenvalue weighted by Gasteiger charge is -1.95. The van der Waals surface area contributed by atoms with Crippen molar-refractivity contribution >= 4 is 6.29 Å². The molecule has 70 valence electrons. The topological polar surface area (TPSA) is 56.0 Å². The summed E-state index contributed by atoms with van der Waals surface area (Å²) in [6, 6.07) is 7.10. The first-order valence-electron chi connectivity index (χ1n) is 4.16. The van der Waals surface area contributed by atoms with Crippen molar-refractivity contribution < 1.29 is 9.42 Å². The van der Waals surface area contributed by atoms with Gasteiger partial charge in [0, 0.05) is 11.1 Å². The SMILES string of the molecule is Cc1nonc1-c1ccc(C=O)cc1. The van der Waals surface area contributed by atoms with E-state index >= 15 is 0 Å². The van der Waals surface area contributed by atoms with E-state index in [2.05, 4.69) is 14.9 Å². The van der Waals surface area contributed by atoms with Gasteiger partial charge in [-0.15, -0.1) is 0 Å². The third-order valence-electron chi connectivity index (χ3n) is 1.97. The standard InChI is InChI=1S/C10H8N2O2/c1-7-10(12-14-11-7)9-4-2-8(6-13)3-5-9/h2-6H,1H3. The van der Waals surface area contributed by atoms with E-state index in [0.29, 0.717) is 11.3 Å². The van der Waals surface area contributed by atoms with Crippen LogP contribution in [-0.2, 0) is 0 Å². The molecule has 0 spiro atoms. The Balaban J connectivity index is 2.43. The second kappa shape index (κ2) is 3.41. The zero-order chi connectivity index (χ0) is 9.97. The van der Waals surface area contributed by atoms with Crippen LogP contribution in [0.25, 0.3) is 11.3 Å². The second-order valence-corrected chi connectivity index (χ2v) is 2.94. The van der Waals surface area contributed by atoms with Gasteiger partial charge >= 0.3 is 0 Å². The lowest BCUT2D eigenvalue weighted by atomic mass is 10.1. The lowest BCUT2D eigenvalue weighted by molar-refractivity contribution is 0.112. The van der Waals surface area contributed by atoms with Crippen molar-refractivity contribution in [1.82, 2.24) is 10.3 Å². The molecule has 0 radical (unpaired) electrons. The number of aryl methyl sites for hydroxylation is 1. The molecular weight excluding hydrogens is 180 g/mol. The van der Waals surface area contributed by atoms with Gasteiger partial charge in [0.1, 0.15) is 17.7 Å². The molecule has 0 amide bonds. The first-order valence-corrected chi connectivity index (χ1v) is 4.16. The number of rotatable bonds is 2. The van der Waals surface area contributed by atoms with Crippen LogP contribution in [0, 0.1) is 6.92 Å². The van der Waals surface area contributed by atoms with Gasteiger partial charge in [0.25, 0.3) is 0 Å². The van der Waals surface area contributed by atoms with Crippen LogP contribution < -0.4 is 0 Å². The van der Waals surface area contributed by atoms with E-state index in [0.717, 1.165) is 17.5 Å². The normalized spacial score (nSPS) is 10.1. The smallest absolute Gasteiger partial charge is 0.150 e. The molecule has 2 rings (SSSR count). The summed E-state index contributed by atoms with van der Waals surface area (Å²) in [4.78, 5) is 10.4. The Morgan fingerprint density at radius 2 is 1.93 bits per heavy atom. The fraction of sp³-hybridized carbons (Fsp3) is 0.100. The van der Waals surface area contributed by atoms with Crippen molar-refractivity contribution in [3.63, 3.8) is 0 Å². The second-order valence-electron chi connectivity index (χ2n) is 2.94. The number of carbonyl (C=O) groups excluding carboxylic acids is 1. The third kappa shape index (κ3) is 1.42. The van der Waals surface area contributed by atoms with Crippen LogP contribution in [-0.4, -0.2) is 16.6 Å². The Hall–Kier alpha value is -1.97. The summed E-state index contributed by atoms with van der Waals surface area (Å²) in [5, 5.41) is 7.45. The van der Waals surface area contributed by atoms with Gasteiger partial charge in [-0.3, -0.25) is 4.79 Å². The Labute approximate surface area is 80.5 Å². The molecule has 4 nitrogen and oxygen atoms in total. The number of benzene rings is 1. The Morgan fingerprint density at radius 3 is 2.43 bits per heavy atom. The van der Waals surface area contributed by atoms with E-state index in [9.17, 15) is 4.79 Å². The van der Waals surface area contributed by atoms with Crippen LogP contribution in [0.1, 0.15) is 16.1 Å². The molecule has 0 saturated carbocycles. The summed E-state index contributed by atoms with van der Waals surface area (Å²) in [7, 11) is 0. The van der Waals surface area contributed by atoms with Gasteiger partial charge < -0.3 is 0 Å². The molecule has 1 heterocycles. The monoisotopic (exact) mass is 188 g/mol. The molecule has 1 aromatic heterocycles. The van der Waals surface area contributed by atoms with Crippen molar-refractivity contribution in [2.75, 3.05) is 0 Å². The fourth-order valence-corrected chi connectivity index (χ4v) is 1.21. The quantitative estimate of drug-likeness (QED) is 0.675. The van der Waals surface area contributed by atoms with E-state index in [4.69, 9.17) is 0 Å². The molecular formula is C10H8N2O2. The number of aromatic nitrogens is 2. The van der Waals surface area contributed by atoms with Crippen molar-refractivity contribution in [2.45, 2.75) is 6.92 Å². The Morgan fingerprint density at radius 1 is 1.21 bits per heavy atom. The van der Waals surface area contributed by atoms with Crippen LogP contribution in [0.5, 0.6) is 0 Å². The Bertz CT molecular complexity index is 445. The van der Waals surface area contributed by atoms with Gasteiger partial charge in [-0.25, -0.2) is 4.63 Å². The third-order valence-corrected chi connectivity index (χ3v) is 1.97. The molecule has 1 aromatic carbocycles. The van der Waals surface area contributed by atoms with Crippen molar-refractivity contribution in [3.05, 3.63) is 35.5 Å². The lowest BCUT2D eigenvalue weighted by Crippen LogP contribution is -1.83. The minimum atomic E-state index is 0.642. The van der Waals surface area contributed by atoms with Crippen molar-refractivity contribution in [3.8, 4) is 11.3 Å². The molecule has 0 bridgehead atoms. The van der Waals surface area contributed by atoms with Crippen molar-refractivity contribution in [2.24, 2.45) is 0 Å². The van der Waals surface area contributed by atoms with Crippen LogP contribution >= 0.6 is 0 Å². The largest absolute Gasteiger partial charge is 0.298 e. The van der Waals surface area contributed by atoms with Crippen LogP contribution in [0.4, 0.5) is 0 Å². The zero-order valence-corrected chi connectivity index (χ0v) is 7.60. The number of aldehydes is 1. The molecule has 0 aliphatic rings. The molecule has 0 fully saturated rings. The summed E-state index contributed by atoms with van der Waals surface area (Å²) >= 11 is 0. The zero-order valence-electron chi connectivity index (χ0n) is 7.60. The minimum Gasteiger partial charge on any atom is -0.298 e. The predicted octanol–water partition coefficient (Wildman–Crippen LogP) is 1.86. The van der Waals surface area contributed by atoms with E-state index < -0.39 is 0 Å². The van der Waals surface area contributed by atoms with E-state index in [-0.39, 0.29) is 0 Å². The van der Waals surface area contributed by atoms with E-state index in [1.54, 1.807) is 12.1 Å². The molecule has 14 heavy (non-hydrogen) atoms. The van der Waals surface area contributed by atoms with Crippen LogP contribution in [0.15, 0.2) is 28.9 Å². The fourth-order valence-electron chi connectivity index (χ4n) is 1.21. The summed E-state index contributed by atoms with van der Waals surface area (Å²) in [5.41, 5.74) is 2.99. The minimum absolute atomic E-state index is 0.642. The maximum Gasteiger partial charge on any atom is 0.150 e. The van der Waals surface area contributed by atoms with E-state index in [1.165, 1.54) is 0 Å². The van der Waals surface area contributed by atoms with Gasteiger partial charge in [-0.2, -0.15) is 0 Å². The summed E-state index contributed by atoms with van der Waals surface area (Å²) in [6.45, 7) is 1.82. The molecule has 0 saturated heterocycles. The molecule has 4 heteroatoms. The molecule has 0 unspecified atom stereocenters. The number of hydrogen-bond donors (Lipinski definition) is 0. The van der Waals surface area contributed by atoms with Gasteiger partial charge in [0.15, 0.2) is 0 Å². The number of hydrogen-bond acceptors (Lipinski definition) is 4. The molecule has 0 atom stereocenters. The van der Waals surface area contributed by atoms with Crippen molar-refractivity contribution in [1.29, 1.82) is 0 Å². The first-order chi connectivity index (χ1) is 6.81. The predicted molar refractivity (Wildman–Crippen MR) is 49.9 cm³/mol. The molecule has 0 aliphatic carbocycles. The highest BCUT2D eigenvalue weighted by molar-refractivity contribution is 5.76. The van der Waals surface area contributed by atoms with E-state index in [1.807, 2.05) is 19.1 Å². The highest BCUT2D eigenvalue weighted by Crippen LogP contribution is 2.19. The van der Waals surface area contributed by atoms with Gasteiger partial charge in [-0.1, -0.05) is 29.4 Å².